The maximum atomic E-state index is 13.1. The van der Waals surface area contributed by atoms with Crippen molar-refractivity contribution in [2.24, 2.45) is 0 Å². The van der Waals surface area contributed by atoms with Gasteiger partial charge < -0.3 is 10.2 Å². The number of aromatic nitrogens is 4. The third kappa shape index (κ3) is 3.45. The molecule has 0 unspecified atom stereocenters. The number of benzene rings is 1. The van der Waals surface area contributed by atoms with Crippen molar-refractivity contribution in [3.63, 3.8) is 0 Å². The normalized spacial score (nSPS) is 11.3. The van der Waals surface area contributed by atoms with Crippen LogP contribution in [-0.2, 0) is 0 Å². The van der Waals surface area contributed by atoms with Crippen LogP contribution in [0.2, 0.25) is 0 Å². The van der Waals surface area contributed by atoms with Crippen molar-refractivity contribution in [3.8, 4) is 5.69 Å². The Morgan fingerprint density at radius 3 is 2.70 bits per heavy atom. The third-order valence-corrected chi connectivity index (χ3v) is 3.51. The highest BCUT2D eigenvalue weighted by molar-refractivity contribution is 5.87. The van der Waals surface area contributed by atoms with E-state index in [-0.39, 0.29) is 5.82 Å². The highest BCUT2D eigenvalue weighted by atomic mass is 19.1. The second kappa shape index (κ2) is 6.70. The summed E-state index contributed by atoms with van der Waals surface area (Å²) in [5.41, 5.74) is 1.46. The monoisotopic (exact) mass is 314 g/mol. The fourth-order valence-electron chi connectivity index (χ4n) is 2.36. The number of rotatable bonds is 6. The zero-order valence-corrected chi connectivity index (χ0v) is 13.2. The second-order valence-corrected chi connectivity index (χ2v) is 5.58. The molecular weight excluding hydrogens is 295 g/mol. The molecule has 120 valence electrons. The van der Waals surface area contributed by atoms with Crippen LogP contribution in [0.3, 0.4) is 0 Å². The van der Waals surface area contributed by atoms with Crippen LogP contribution in [0.5, 0.6) is 0 Å². The van der Waals surface area contributed by atoms with Gasteiger partial charge in [0.2, 0.25) is 0 Å². The van der Waals surface area contributed by atoms with Crippen LogP contribution in [0.4, 0.5) is 10.2 Å². The molecule has 1 aromatic carbocycles. The first-order valence-corrected chi connectivity index (χ1v) is 7.48. The van der Waals surface area contributed by atoms with Crippen LogP contribution in [0, 0.1) is 5.82 Å². The van der Waals surface area contributed by atoms with Gasteiger partial charge in [0, 0.05) is 6.54 Å². The van der Waals surface area contributed by atoms with E-state index in [9.17, 15) is 4.39 Å². The fraction of sp³-hybridized carbons (Fsp3) is 0.312. The fourth-order valence-corrected chi connectivity index (χ4v) is 2.36. The summed E-state index contributed by atoms with van der Waals surface area (Å²) in [5.74, 6) is 0.491. The maximum Gasteiger partial charge on any atom is 0.168 e. The molecule has 23 heavy (non-hydrogen) atoms. The van der Waals surface area contributed by atoms with Crippen molar-refractivity contribution in [3.05, 3.63) is 42.6 Å². The lowest BCUT2D eigenvalue weighted by atomic mass is 10.3. The molecule has 0 aliphatic heterocycles. The van der Waals surface area contributed by atoms with Gasteiger partial charge in [-0.25, -0.2) is 19.0 Å². The molecule has 0 saturated carbocycles. The SMILES string of the molecule is CN(C)CCCNc1ncnc2c1cnn2-c1ccc(F)cc1. The molecule has 0 aliphatic carbocycles. The van der Waals surface area contributed by atoms with E-state index >= 15 is 0 Å². The van der Waals surface area contributed by atoms with Crippen molar-refractivity contribution < 1.29 is 4.39 Å². The Bertz CT molecular complexity index is 781. The molecule has 2 heterocycles. The largest absolute Gasteiger partial charge is 0.369 e. The van der Waals surface area contributed by atoms with Gasteiger partial charge in [0.05, 0.1) is 17.3 Å². The maximum absolute atomic E-state index is 13.1. The topological polar surface area (TPSA) is 58.9 Å². The van der Waals surface area contributed by atoms with Crippen molar-refractivity contribution in [1.29, 1.82) is 0 Å². The summed E-state index contributed by atoms with van der Waals surface area (Å²) < 4.78 is 14.7. The van der Waals surface area contributed by atoms with Gasteiger partial charge in [-0.2, -0.15) is 5.10 Å². The molecule has 0 aliphatic rings. The van der Waals surface area contributed by atoms with Crippen LogP contribution in [-0.4, -0.2) is 51.8 Å². The first kappa shape index (κ1) is 15.4. The number of hydrogen-bond donors (Lipinski definition) is 1. The Morgan fingerprint density at radius 1 is 1.17 bits per heavy atom. The second-order valence-electron chi connectivity index (χ2n) is 5.58. The third-order valence-electron chi connectivity index (χ3n) is 3.51. The first-order valence-electron chi connectivity index (χ1n) is 7.48. The zero-order chi connectivity index (χ0) is 16.2. The van der Waals surface area contributed by atoms with E-state index in [1.807, 2.05) is 0 Å². The number of hydrogen-bond acceptors (Lipinski definition) is 5. The molecule has 1 N–H and O–H groups in total. The molecule has 0 radical (unpaired) electrons. The first-order chi connectivity index (χ1) is 11.1. The van der Waals surface area contributed by atoms with E-state index in [0.29, 0.717) is 5.65 Å². The lowest BCUT2D eigenvalue weighted by Crippen LogP contribution is -2.16. The van der Waals surface area contributed by atoms with Gasteiger partial charge in [0.15, 0.2) is 5.65 Å². The van der Waals surface area contributed by atoms with E-state index in [2.05, 4.69) is 39.4 Å². The lowest BCUT2D eigenvalue weighted by Gasteiger charge is -2.10. The molecule has 0 saturated heterocycles. The van der Waals surface area contributed by atoms with Gasteiger partial charge in [0.25, 0.3) is 0 Å². The molecular formula is C16H19FN6. The summed E-state index contributed by atoms with van der Waals surface area (Å²) in [6, 6.07) is 6.16. The van der Waals surface area contributed by atoms with Gasteiger partial charge in [0.1, 0.15) is 18.0 Å². The van der Waals surface area contributed by atoms with Crippen molar-refractivity contribution >= 4 is 16.9 Å². The molecule has 0 fully saturated rings. The van der Waals surface area contributed by atoms with Gasteiger partial charge in [-0.1, -0.05) is 0 Å². The van der Waals surface area contributed by atoms with Crippen LogP contribution in [0.1, 0.15) is 6.42 Å². The molecule has 6 nitrogen and oxygen atoms in total. The highest BCUT2D eigenvalue weighted by Crippen LogP contribution is 2.21. The van der Waals surface area contributed by atoms with E-state index in [4.69, 9.17) is 0 Å². The molecule has 0 atom stereocenters. The van der Waals surface area contributed by atoms with Gasteiger partial charge >= 0.3 is 0 Å². The van der Waals surface area contributed by atoms with Crippen molar-refractivity contribution in [1.82, 2.24) is 24.6 Å². The van der Waals surface area contributed by atoms with E-state index in [1.54, 1.807) is 23.0 Å². The number of nitrogens with zero attached hydrogens (tertiary/aromatic N) is 5. The quantitative estimate of drug-likeness (QED) is 0.708. The number of anilines is 1. The molecule has 0 spiro atoms. The van der Waals surface area contributed by atoms with Gasteiger partial charge in [-0.3, -0.25) is 0 Å². The van der Waals surface area contributed by atoms with Crippen LogP contribution >= 0.6 is 0 Å². The summed E-state index contributed by atoms with van der Waals surface area (Å²) >= 11 is 0. The average Bonchev–Trinajstić information content (AvgIpc) is 2.97. The molecule has 2 aromatic heterocycles. The minimum atomic E-state index is -0.275. The predicted molar refractivity (Wildman–Crippen MR) is 88.3 cm³/mol. The molecule has 7 heteroatoms. The number of fused-ring (bicyclic) bond motifs is 1. The van der Waals surface area contributed by atoms with Crippen LogP contribution < -0.4 is 5.32 Å². The lowest BCUT2D eigenvalue weighted by molar-refractivity contribution is 0.405. The number of halogens is 1. The average molecular weight is 314 g/mol. The summed E-state index contributed by atoms with van der Waals surface area (Å²) in [5, 5.41) is 8.53. The highest BCUT2D eigenvalue weighted by Gasteiger charge is 2.10. The van der Waals surface area contributed by atoms with Crippen LogP contribution in [0.25, 0.3) is 16.7 Å². The Kier molecular flexibility index (Phi) is 4.47. The summed E-state index contributed by atoms with van der Waals surface area (Å²) in [4.78, 5) is 10.7. The zero-order valence-electron chi connectivity index (χ0n) is 13.2. The Balaban J connectivity index is 1.84. The molecule has 3 rings (SSSR count). The molecule has 0 amide bonds. The predicted octanol–water partition coefficient (Wildman–Crippen LogP) is 2.32. The van der Waals surface area contributed by atoms with E-state index in [0.717, 1.165) is 36.4 Å². The Morgan fingerprint density at radius 2 is 1.96 bits per heavy atom. The van der Waals surface area contributed by atoms with Crippen molar-refractivity contribution in [2.75, 3.05) is 32.5 Å². The smallest absolute Gasteiger partial charge is 0.168 e. The standard InChI is InChI=1S/C16H19FN6/c1-22(2)9-3-8-18-15-14-10-21-23(16(14)20-11-19-15)13-6-4-12(17)5-7-13/h4-7,10-11H,3,8-9H2,1-2H3,(H,18,19,20). The number of nitrogens with one attached hydrogen (secondary N) is 1. The minimum absolute atomic E-state index is 0.275. The van der Waals surface area contributed by atoms with E-state index < -0.39 is 0 Å². The van der Waals surface area contributed by atoms with Crippen LogP contribution in [0.15, 0.2) is 36.8 Å². The Hall–Kier alpha value is -2.54. The van der Waals surface area contributed by atoms with Crippen molar-refractivity contribution in [2.45, 2.75) is 6.42 Å². The molecule has 3 aromatic rings. The van der Waals surface area contributed by atoms with Gasteiger partial charge in [-0.05, 0) is 51.3 Å². The van der Waals surface area contributed by atoms with E-state index in [1.165, 1.54) is 18.5 Å². The summed E-state index contributed by atoms with van der Waals surface area (Å²) in [7, 11) is 4.10. The molecule has 0 bridgehead atoms. The Labute approximate surface area is 134 Å². The summed E-state index contributed by atoms with van der Waals surface area (Å²) in [6.07, 6.45) is 4.26. The summed E-state index contributed by atoms with van der Waals surface area (Å²) in [6.45, 7) is 1.84. The van der Waals surface area contributed by atoms with Gasteiger partial charge in [-0.15, -0.1) is 0 Å². The minimum Gasteiger partial charge on any atom is -0.369 e.